The van der Waals surface area contributed by atoms with Gasteiger partial charge in [0.05, 0.1) is 4.92 Å². The number of aliphatic hydroxyl groups is 1. The normalized spacial score (nSPS) is 20.2. The van der Waals surface area contributed by atoms with Crippen LogP contribution in [0.2, 0.25) is 0 Å². The van der Waals surface area contributed by atoms with Gasteiger partial charge >= 0.3 is 0 Å². The van der Waals surface area contributed by atoms with Gasteiger partial charge in [-0.3, -0.25) is 10.1 Å². The van der Waals surface area contributed by atoms with E-state index in [0.717, 1.165) is 22.5 Å². The zero-order valence-electron chi connectivity index (χ0n) is 10.4. The Hall–Kier alpha value is -1.58. The lowest BCUT2D eigenvalue weighted by molar-refractivity contribution is -0.385. The van der Waals surface area contributed by atoms with Crippen molar-refractivity contribution in [2.45, 2.75) is 11.3 Å². The summed E-state index contributed by atoms with van der Waals surface area (Å²) in [7, 11) is -4.13. The van der Waals surface area contributed by atoms with Gasteiger partial charge in [0.2, 0.25) is 10.0 Å². The lowest BCUT2D eigenvalue weighted by Crippen LogP contribution is -2.30. The van der Waals surface area contributed by atoms with Crippen LogP contribution in [-0.2, 0) is 10.0 Å². The molecule has 1 aromatic rings. The van der Waals surface area contributed by atoms with E-state index in [-0.39, 0.29) is 25.6 Å². The van der Waals surface area contributed by atoms with Crippen molar-refractivity contribution < 1.29 is 22.8 Å². The molecule has 0 spiro atoms. The number of hydrogen-bond acceptors (Lipinski definition) is 5. The topological polar surface area (TPSA) is 101 Å². The highest BCUT2D eigenvalue weighted by atomic mass is 32.2. The molecule has 20 heavy (non-hydrogen) atoms. The molecule has 0 aliphatic carbocycles. The lowest BCUT2D eigenvalue weighted by atomic mass is 10.1. The van der Waals surface area contributed by atoms with E-state index in [4.69, 9.17) is 5.11 Å². The number of sulfonamides is 1. The van der Waals surface area contributed by atoms with Gasteiger partial charge < -0.3 is 5.11 Å². The van der Waals surface area contributed by atoms with Crippen molar-refractivity contribution in [3.8, 4) is 0 Å². The van der Waals surface area contributed by atoms with Crippen molar-refractivity contribution in [3.05, 3.63) is 34.1 Å². The van der Waals surface area contributed by atoms with Gasteiger partial charge in [0.1, 0.15) is 10.7 Å². The molecule has 1 aliphatic heterocycles. The number of hydrogen-bond donors (Lipinski definition) is 1. The summed E-state index contributed by atoms with van der Waals surface area (Å²) >= 11 is 0. The molecule has 0 bridgehead atoms. The zero-order valence-corrected chi connectivity index (χ0v) is 11.2. The van der Waals surface area contributed by atoms with E-state index in [2.05, 4.69) is 0 Å². The van der Waals surface area contributed by atoms with E-state index in [1.807, 2.05) is 0 Å². The number of non-ortho nitro benzene ring substituents is 1. The highest BCUT2D eigenvalue weighted by Crippen LogP contribution is 2.28. The van der Waals surface area contributed by atoms with E-state index in [1.54, 1.807) is 0 Å². The SMILES string of the molecule is O=[N+]([O-])c1ccc(F)c(S(=O)(=O)N2CCC(CO)C2)c1. The van der Waals surface area contributed by atoms with E-state index in [9.17, 15) is 22.9 Å². The third kappa shape index (κ3) is 2.65. The Morgan fingerprint density at radius 3 is 2.75 bits per heavy atom. The number of nitro groups is 1. The molecule has 7 nitrogen and oxygen atoms in total. The molecule has 2 rings (SSSR count). The number of nitro benzene ring substituents is 1. The summed E-state index contributed by atoms with van der Waals surface area (Å²) in [6.07, 6.45) is 0.478. The summed E-state index contributed by atoms with van der Waals surface area (Å²) in [4.78, 5) is 9.17. The van der Waals surface area contributed by atoms with Crippen LogP contribution in [0.25, 0.3) is 0 Å². The summed E-state index contributed by atoms with van der Waals surface area (Å²) < 4.78 is 39.3. The number of benzene rings is 1. The molecule has 1 atom stereocenters. The fourth-order valence-corrected chi connectivity index (χ4v) is 3.72. The van der Waals surface area contributed by atoms with Gasteiger partial charge in [-0.1, -0.05) is 0 Å². The Labute approximate surface area is 114 Å². The number of aliphatic hydroxyl groups excluding tert-OH is 1. The summed E-state index contributed by atoms with van der Waals surface area (Å²) in [5.41, 5.74) is -0.483. The summed E-state index contributed by atoms with van der Waals surface area (Å²) in [5.74, 6) is -1.21. The van der Waals surface area contributed by atoms with Crippen LogP contribution >= 0.6 is 0 Å². The second-order valence-electron chi connectivity index (χ2n) is 4.57. The van der Waals surface area contributed by atoms with Crippen LogP contribution in [0.3, 0.4) is 0 Å². The van der Waals surface area contributed by atoms with Crippen LogP contribution in [0.1, 0.15) is 6.42 Å². The van der Waals surface area contributed by atoms with Crippen LogP contribution in [0.5, 0.6) is 0 Å². The highest BCUT2D eigenvalue weighted by molar-refractivity contribution is 7.89. The Balaban J connectivity index is 2.39. The van der Waals surface area contributed by atoms with E-state index in [0.29, 0.717) is 6.42 Å². The van der Waals surface area contributed by atoms with Crippen molar-refractivity contribution in [2.24, 2.45) is 5.92 Å². The van der Waals surface area contributed by atoms with Crippen LogP contribution < -0.4 is 0 Å². The number of halogens is 1. The average molecular weight is 304 g/mol. The summed E-state index contributed by atoms with van der Waals surface area (Å²) in [6, 6.07) is 2.40. The molecule has 1 N–H and O–H groups in total. The Bertz CT molecular complexity index is 634. The minimum absolute atomic E-state index is 0.0843. The number of nitrogens with zero attached hydrogens (tertiary/aromatic N) is 2. The molecule has 9 heteroatoms. The first-order valence-corrected chi connectivity index (χ1v) is 7.35. The third-order valence-electron chi connectivity index (χ3n) is 3.25. The fraction of sp³-hybridized carbons (Fsp3) is 0.455. The molecule has 1 unspecified atom stereocenters. The molecule has 110 valence electrons. The maximum atomic E-state index is 13.7. The molecular formula is C11H13FN2O5S. The van der Waals surface area contributed by atoms with E-state index >= 15 is 0 Å². The molecule has 0 aromatic heterocycles. The molecule has 1 heterocycles. The Morgan fingerprint density at radius 2 is 2.20 bits per heavy atom. The van der Waals surface area contributed by atoms with Crippen molar-refractivity contribution in [3.63, 3.8) is 0 Å². The lowest BCUT2D eigenvalue weighted by Gasteiger charge is -2.16. The maximum Gasteiger partial charge on any atom is 0.270 e. The molecular weight excluding hydrogens is 291 g/mol. The summed E-state index contributed by atoms with van der Waals surface area (Å²) in [5, 5.41) is 19.7. The first-order chi connectivity index (χ1) is 9.36. The van der Waals surface area contributed by atoms with Crippen LogP contribution in [0.4, 0.5) is 10.1 Å². The molecule has 1 aromatic carbocycles. The summed E-state index contributed by atoms with van der Waals surface area (Å²) in [6.45, 7) is 0.0973. The molecule has 0 radical (unpaired) electrons. The second-order valence-corrected chi connectivity index (χ2v) is 6.48. The Kier molecular flexibility index (Phi) is 4.02. The van der Waals surface area contributed by atoms with Crippen molar-refractivity contribution in [2.75, 3.05) is 19.7 Å². The smallest absolute Gasteiger partial charge is 0.270 e. The molecule has 1 saturated heterocycles. The first kappa shape index (κ1) is 14.8. The van der Waals surface area contributed by atoms with Gasteiger partial charge in [-0.25, -0.2) is 12.8 Å². The van der Waals surface area contributed by atoms with Gasteiger partial charge in [0.15, 0.2) is 0 Å². The number of rotatable bonds is 4. The minimum Gasteiger partial charge on any atom is -0.396 e. The van der Waals surface area contributed by atoms with Crippen molar-refractivity contribution >= 4 is 15.7 Å². The fourth-order valence-electron chi connectivity index (χ4n) is 2.11. The van der Waals surface area contributed by atoms with Gasteiger partial charge in [-0.15, -0.1) is 0 Å². The van der Waals surface area contributed by atoms with Crippen molar-refractivity contribution in [1.29, 1.82) is 0 Å². The van der Waals surface area contributed by atoms with Crippen molar-refractivity contribution in [1.82, 2.24) is 4.31 Å². The molecule has 0 amide bonds. The third-order valence-corrected chi connectivity index (χ3v) is 5.13. The molecule has 0 saturated carbocycles. The van der Waals surface area contributed by atoms with Crippen LogP contribution in [0, 0.1) is 21.8 Å². The van der Waals surface area contributed by atoms with E-state index < -0.39 is 31.3 Å². The zero-order chi connectivity index (χ0) is 14.9. The largest absolute Gasteiger partial charge is 0.396 e. The predicted molar refractivity (Wildman–Crippen MR) is 67.0 cm³/mol. The quantitative estimate of drug-likeness (QED) is 0.653. The maximum absolute atomic E-state index is 13.7. The van der Waals surface area contributed by atoms with Gasteiger partial charge in [-0.05, 0) is 18.4 Å². The molecule has 1 fully saturated rings. The van der Waals surface area contributed by atoms with Gasteiger partial charge in [0.25, 0.3) is 5.69 Å². The van der Waals surface area contributed by atoms with E-state index in [1.165, 1.54) is 0 Å². The Morgan fingerprint density at radius 1 is 1.50 bits per heavy atom. The molecule has 1 aliphatic rings. The first-order valence-electron chi connectivity index (χ1n) is 5.91. The predicted octanol–water partition coefficient (Wildman–Crippen LogP) is 0.737. The standard InChI is InChI=1S/C11H13FN2O5S/c12-10-2-1-9(14(16)17)5-11(10)20(18,19)13-4-3-8(6-13)7-15/h1-2,5,8,15H,3-4,6-7H2. The van der Waals surface area contributed by atoms with Gasteiger partial charge in [-0.2, -0.15) is 4.31 Å². The van der Waals surface area contributed by atoms with Gasteiger partial charge in [0, 0.05) is 31.8 Å². The van der Waals surface area contributed by atoms with Crippen LogP contribution in [-0.4, -0.2) is 42.4 Å². The second kappa shape index (κ2) is 5.43. The minimum atomic E-state index is -4.13. The average Bonchev–Trinajstić information content (AvgIpc) is 2.88. The monoisotopic (exact) mass is 304 g/mol. The highest BCUT2D eigenvalue weighted by Gasteiger charge is 2.34. The van der Waals surface area contributed by atoms with Crippen LogP contribution in [0.15, 0.2) is 23.1 Å².